The Morgan fingerprint density at radius 3 is 2.15 bits per heavy atom. The lowest BCUT2D eigenvalue weighted by Crippen LogP contribution is -2.27. The molecule has 0 aliphatic carbocycles. The van der Waals surface area contributed by atoms with Gasteiger partial charge in [-0.1, -0.05) is 6.92 Å². The van der Waals surface area contributed by atoms with E-state index in [1.54, 1.807) is 12.1 Å². The molecule has 1 heterocycles. The van der Waals surface area contributed by atoms with E-state index in [2.05, 4.69) is 17.6 Å². The highest BCUT2D eigenvalue weighted by Gasteiger charge is 2.27. The number of benzene rings is 2. The van der Waals surface area contributed by atoms with Gasteiger partial charge >= 0.3 is 0 Å². The van der Waals surface area contributed by atoms with Gasteiger partial charge in [-0.05, 0) is 67.8 Å². The van der Waals surface area contributed by atoms with E-state index in [0.717, 1.165) is 31.5 Å². The molecule has 2 aromatic rings. The molecule has 0 spiro atoms. The minimum absolute atomic E-state index is 0.229. The van der Waals surface area contributed by atoms with Crippen molar-refractivity contribution in [1.82, 2.24) is 4.31 Å². The third kappa shape index (κ3) is 4.67. The zero-order valence-corrected chi connectivity index (χ0v) is 16.3. The summed E-state index contributed by atoms with van der Waals surface area (Å²) in [6.07, 6.45) is 2.83. The van der Waals surface area contributed by atoms with Crippen LogP contribution in [0.2, 0.25) is 0 Å². The number of nitrogens with one attached hydrogen (secondary N) is 2. The van der Waals surface area contributed by atoms with Gasteiger partial charge in [0, 0.05) is 36.6 Å². The highest BCUT2D eigenvalue weighted by molar-refractivity contribution is 7.89. The van der Waals surface area contributed by atoms with E-state index in [0.29, 0.717) is 24.3 Å². The predicted octanol–water partition coefficient (Wildman–Crippen LogP) is 3.55. The molecule has 2 N–H and O–H groups in total. The summed E-state index contributed by atoms with van der Waals surface area (Å²) in [7, 11) is -3.46. The average Bonchev–Trinajstić information content (AvgIpc) is 3.23. The Kier molecular flexibility index (Phi) is 6.13. The zero-order valence-electron chi connectivity index (χ0n) is 15.4. The number of nitrogens with zero attached hydrogens (tertiary/aromatic N) is 1. The standard InChI is InChI=1S/C20H25N3O3S/c1-2-13-21-17-7-9-18(10-8-17)22-20(24)16-5-11-19(12-6-16)27(25,26)23-14-3-4-15-23/h5-12,21H,2-4,13-15H2,1H3,(H,22,24). The number of rotatable bonds is 7. The van der Waals surface area contributed by atoms with Gasteiger partial charge in [0.1, 0.15) is 0 Å². The van der Waals surface area contributed by atoms with Gasteiger partial charge in [0.25, 0.3) is 5.91 Å². The molecular weight excluding hydrogens is 362 g/mol. The fourth-order valence-electron chi connectivity index (χ4n) is 3.00. The van der Waals surface area contributed by atoms with Crippen molar-refractivity contribution in [3.8, 4) is 0 Å². The normalized spacial score (nSPS) is 14.9. The molecule has 2 aromatic carbocycles. The van der Waals surface area contributed by atoms with Crippen molar-refractivity contribution in [2.24, 2.45) is 0 Å². The SMILES string of the molecule is CCCNc1ccc(NC(=O)c2ccc(S(=O)(=O)N3CCCC3)cc2)cc1. The van der Waals surface area contributed by atoms with Crippen LogP contribution in [0.15, 0.2) is 53.4 Å². The molecule has 144 valence electrons. The molecular formula is C20H25N3O3S. The molecule has 0 bridgehead atoms. The van der Waals surface area contributed by atoms with Gasteiger partial charge < -0.3 is 10.6 Å². The molecule has 0 atom stereocenters. The molecule has 0 radical (unpaired) electrons. The zero-order chi connectivity index (χ0) is 19.3. The topological polar surface area (TPSA) is 78.5 Å². The number of sulfonamides is 1. The summed E-state index contributed by atoms with van der Waals surface area (Å²) in [5.74, 6) is -0.269. The monoisotopic (exact) mass is 387 g/mol. The minimum atomic E-state index is -3.46. The Bertz CT molecular complexity index is 872. The first kappa shape index (κ1) is 19.4. The van der Waals surface area contributed by atoms with Crippen LogP contribution in [-0.2, 0) is 10.0 Å². The lowest BCUT2D eigenvalue weighted by Gasteiger charge is -2.15. The average molecular weight is 388 g/mol. The number of carbonyl (C=O) groups excluding carboxylic acids is 1. The van der Waals surface area contributed by atoms with E-state index in [-0.39, 0.29) is 10.8 Å². The van der Waals surface area contributed by atoms with Gasteiger partial charge in [0.05, 0.1) is 4.90 Å². The third-order valence-electron chi connectivity index (χ3n) is 4.54. The molecule has 27 heavy (non-hydrogen) atoms. The summed E-state index contributed by atoms with van der Waals surface area (Å²) in [4.78, 5) is 12.6. The molecule has 1 aliphatic rings. The second-order valence-electron chi connectivity index (χ2n) is 6.59. The largest absolute Gasteiger partial charge is 0.385 e. The van der Waals surface area contributed by atoms with Crippen LogP contribution in [0.4, 0.5) is 11.4 Å². The lowest BCUT2D eigenvalue weighted by atomic mass is 10.2. The van der Waals surface area contributed by atoms with Gasteiger partial charge in [-0.2, -0.15) is 4.31 Å². The Hall–Kier alpha value is -2.38. The summed E-state index contributed by atoms with van der Waals surface area (Å²) < 4.78 is 26.6. The van der Waals surface area contributed by atoms with E-state index in [9.17, 15) is 13.2 Å². The molecule has 3 rings (SSSR count). The number of amides is 1. The van der Waals surface area contributed by atoms with E-state index < -0.39 is 10.0 Å². The van der Waals surface area contributed by atoms with Gasteiger partial charge in [-0.15, -0.1) is 0 Å². The maximum atomic E-state index is 12.5. The molecule has 7 heteroatoms. The van der Waals surface area contributed by atoms with Crippen molar-refractivity contribution in [3.05, 3.63) is 54.1 Å². The summed E-state index contributed by atoms with van der Waals surface area (Å²) in [5, 5.41) is 6.10. The highest BCUT2D eigenvalue weighted by atomic mass is 32.2. The highest BCUT2D eigenvalue weighted by Crippen LogP contribution is 2.21. The summed E-state index contributed by atoms with van der Waals surface area (Å²) >= 11 is 0. The summed E-state index contributed by atoms with van der Waals surface area (Å²) in [6, 6.07) is 13.6. The molecule has 1 fully saturated rings. The Balaban J connectivity index is 1.65. The first-order valence-electron chi connectivity index (χ1n) is 9.26. The van der Waals surface area contributed by atoms with Crippen LogP contribution < -0.4 is 10.6 Å². The van der Waals surface area contributed by atoms with Crippen LogP contribution in [-0.4, -0.2) is 38.3 Å². The minimum Gasteiger partial charge on any atom is -0.385 e. The van der Waals surface area contributed by atoms with Gasteiger partial charge in [-0.25, -0.2) is 8.42 Å². The van der Waals surface area contributed by atoms with Crippen LogP contribution in [0.25, 0.3) is 0 Å². The number of carbonyl (C=O) groups is 1. The first-order valence-corrected chi connectivity index (χ1v) is 10.7. The maximum Gasteiger partial charge on any atom is 0.255 e. The van der Waals surface area contributed by atoms with E-state index in [1.807, 2.05) is 24.3 Å². The van der Waals surface area contributed by atoms with E-state index in [1.165, 1.54) is 16.4 Å². The van der Waals surface area contributed by atoms with E-state index >= 15 is 0 Å². The second-order valence-corrected chi connectivity index (χ2v) is 8.53. The molecule has 1 amide bonds. The Morgan fingerprint density at radius 1 is 0.963 bits per heavy atom. The van der Waals surface area contributed by atoms with Crippen LogP contribution in [0, 0.1) is 0 Å². The molecule has 0 saturated carbocycles. The number of hydrogen-bond acceptors (Lipinski definition) is 4. The van der Waals surface area contributed by atoms with Crippen molar-refractivity contribution >= 4 is 27.3 Å². The molecule has 1 aliphatic heterocycles. The van der Waals surface area contributed by atoms with E-state index in [4.69, 9.17) is 0 Å². The quantitative estimate of drug-likeness (QED) is 0.762. The van der Waals surface area contributed by atoms with Crippen LogP contribution in [0.5, 0.6) is 0 Å². The van der Waals surface area contributed by atoms with Crippen molar-refractivity contribution in [1.29, 1.82) is 0 Å². The predicted molar refractivity (Wildman–Crippen MR) is 108 cm³/mol. The van der Waals surface area contributed by atoms with Crippen molar-refractivity contribution in [3.63, 3.8) is 0 Å². The number of hydrogen-bond donors (Lipinski definition) is 2. The van der Waals surface area contributed by atoms with Crippen LogP contribution in [0.1, 0.15) is 36.5 Å². The van der Waals surface area contributed by atoms with Crippen molar-refractivity contribution in [2.45, 2.75) is 31.1 Å². The lowest BCUT2D eigenvalue weighted by molar-refractivity contribution is 0.102. The third-order valence-corrected chi connectivity index (χ3v) is 6.45. The van der Waals surface area contributed by atoms with Crippen molar-refractivity contribution < 1.29 is 13.2 Å². The smallest absolute Gasteiger partial charge is 0.255 e. The molecule has 0 unspecified atom stereocenters. The summed E-state index contributed by atoms with van der Waals surface area (Å²) in [5.41, 5.74) is 2.12. The van der Waals surface area contributed by atoms with Crippen LogP contribution >= 0.6 is 0 Å². The number of anilines is 2. The summed E-state index contributed by atoms with van der Waals surface area (Å²) in [6.45, 7) is 4.13. The van der Waals surface area contributed by atoms with Gasteiger partial charge in [0.15, 0.2) is 0 Å². The molecule has 0 aromatic heterocycles. The first-order chi connectivity index (χ1) is 13.0. The fraction of sp³-hybridized carbons (Fsp3) is 0.350. The van der Waals surface area contributed by atoms with Crippen molar-refractivity contribution in [2.75, 3.05) is 30.3 Å². The molecule has 1 saturated heterocycles. The second kappa shape index (κ2) is 8.54. The van der Waals surface area contributed by atoms with Gasteiger partial charge in [0.2, 0.25) is 10.0 Å². The Morgan fingerprint density at radius 2 is 1.56 bits per heavy atom. The fourth-order valence-corrected chi connectivity index (χ4v) is 4.52. The van der Waals surface area contributed by atoms with Gasteiger partial charge in [-0.3, -0.25) is 4.79 Å². The maximum absolute atomic E-state index is 12.5. The molecule has 6 nitrogen and oxygen atoms in total. The Labute approximate surface area is 160 Å². The van der Waals surface area contributed by atoms with Crippen LogP contribution in [0.3, 0.4) is 0 Å².